The topological polar surface area (TPSA) is 47.6 Å². The standard InChI is InChI=1S/C15H7F3N2/c16-15(17,18)14-7-12(4-5-13(14)9-20)11-3-1-2-10(6-11)8-19/h1-7H. The summed E-state index contributed by atoms with van der Waals surface area (Å²) >= 11 is 0. The van der Waals surface area contributed by atoms with Crippen molar-refractivity contribution in [3.8, 4) is 23.3 Å². The molecule has 5 heteroatoms. The molecule has 0 atom stereocenters. The first-order valence-electron chi connectivity index (χ1n) is 5.57. The van der Waals surface area contributed by atoms with E-state index in [0.29, 0.717) is 16.7 Å². The smallest absolute Gasteiger partial charge is 0.192 e. The predicted octanol–water partition coefficient (Wildman–Crippen LogP) is 4.12. The van der Waals surface area contributed by atoms with E-state index in [2.05, 4.69) is 0 Å². The van der Waals surface area contributed by atoms with Crippen LogP contribution in [0.3, 0.4) is 0 Å². The van der Waals surface area contributed by atoms with Gasteiger partial charge in [-0.2, -0.15) is 23.7 Å². The van der Waals surface area contributed by atoms with Crippen LogP contribution in [0.1, 0.15) is 16.7 Å². The van der Waals surface area contributed by atoms with Crippen molar-refractivity contribution in [2.75, 3.05) is 0 Å². The average molecular weight is 272 g/mol. The number of alkyl halides is 3. The van der Waals surface area contributed by atoms with Gasteiger partial charge in [0, 0.05) is 0 Å². The van der Waals surface area contributed by atoms with Crippen molar-refractivity contribution in [1.29, 1.82) is 10.5 Å². The van der Waals surface area contributed by atoms with Crippen molar-refractivity contribution >= 4 is 0 Å². The zero-order valence-electron chi connectivity index (χ0n) is 10.1. The predicted molar refractivity (Wildman–Crippen MR) is 66.3 cm³/mol. The van der Waals surface area contributed by atoms with Crippen LogP contribution in [0, 0.1) is 22.7 Å². The Morgan fingerprint density at radius 1 is 0.850 bits per heavy atom. The molecule has 0 saturated carbocycles. The number of nitriles is 2. The lowest BCUT2D eigenvalue weighted by Crippen LogP contribution is -2.07. The summed E-state index contributed by atoms with van der Waals surface area (Å²) in [7, 11) is 0. The van der Waals surface area contributed by atoms with Crippen LogP contribution >= 0.6 is 0 Å². The van der Waals surface area contributed by atoms with Gasteiger partial charge < -0.3 is 0 Å². The van der Waals surface area contributed by atoms with Crippen LogP contribution in [0.2, 0.25) is 0 Å². The third-order valence-electron chi connectivity index (χ3n) is 2.77. The molecule has 0 aliphatic carbocycles. The van der Waals surface area contributed by atoms with Crippen molar-refractivity contribution in [1.82, 2.24) is 0 Å². The monoisotopic (exact) mass is 272 g/mol. The Morgan fingerprint density at radius 2 is 1.55 bits per heavy atom. The largest absolute Gasteiger partial charge is 0.417 e. The average Bonchev–Trinajstić information content (AvgIpc) is 2.45. The lowest BCUT2D eigenvalue weighted by atomic mass is 9.98. The molecule has 0 saturated heterocycles. The van der Waals surface area contributed by atoms with E-state index in [1.165, 1.54) is 18.2 Å². The molecule has 2 aromatic rings. The van der Waals surface area contributed by atoms with E-state index in [1.807, 2.05) is 6.07 Å². The molecule has 2 aromatic carbocycles. The lowest BCUT2D eigenvalue weighted by Gasteiger charge is -2.11. The SMILES string of the molecule is N#Cc1cccc(-c2ccc(C#N)c(C(F)(F)F)c2)c1. The van der Waals surface area contributed by atoms with E-state index in [-0.39, 0.29) is 0 Å². The third-order valence-corrected chi connectivity index (χ3v) is 2.77. The molecule has 0 aliphatic rings. The number of halogens is 3. The summed E-state index contributed by atoms with van der Waals surface area (Å²) in [6.45, 7) is 0. The first-order valence-corrected chi connectivity index (χ1v) is 5.57. The van der Waals surface area contributed by atoms with Crippen molar-refractivity contribution in [2.45, 2.75) is 6.18 Å². The van der Waals surface area contributed by atoms with Gasteiger partial charge in [-0.15, -0.1) is 0 Å². The zero-order chi connectivity index (χ0) is 14.8. The number of benzene rings is 2. The Hall–Kier alpha value is -2.79. The molecular formula is C15H7F3N2. The first-order chi connectivity index (χ1) is 9.45. The second kappa shape index (κ2) is 5.07. The first kappa shape index (κ1) is 13.6. The van der Waals surface area contributed by atoms with Crippen LogP contribution in [-0.4, -0.2) is 0 Å². The number of nitrogens with zero attached hydrogens (tertiary/aromatic N) is 2. The van der Waals surface area contributed by atoms with Crippen LogP contribution in [0.15, 0.2) is 42.5 Å². The second-order valence-corrected chi connectivity index (χ2v) is 4.06. The summed E-state index contributed by atoms with van der Waals surface area (Å²) in [5.41, 5.74) is -0.217. The summed E-state index contributed by atoms with van der Waals surface area (Å²) in [5.74, 6) is 0. The van der Waals surface area contributed by atoms with Crippen molar-refractivity contribution in [3.63, 3.8) is 0 Å². The van der Waals surface area contributed by atoms with E-state index in [1.54, 1.807) is 18.2 Å². The van der Waals surface area contributed by atoms with Crippen molar-refractivity contribution in [3.05, 3.63) is 59.2 Å². The Bertz CT molecular complexity index is 734. The molecule has 0 spiro atoms. The quantitative estimate of drug-likeness (QED) is 0.784. The highest BCUT2D eigenvalue weighted by Gasteiger charge is 2.33. The van der Waals surface area contributed by atoms with E-state index < -0.39 is 17.3 Å². The van der Waals surface area contributed by atoms with Gasteiger partial charge in [0.2, 0.25) is 0 Å². The summed E-state index contributed by atoms with van der Waals surface area (Å²) < 4.78 is 38.6. The minimum atomic E-state index is -4.59. The lowest BCUT2D eigenvalue weighted by molar-refractivity contribution is -0.137. The van der Waals surface area contributed by atoms with E-state index >= 15 is 0 Å². The molecule has 20 heavy (non-hydrogen) atoms. The number of hydrogen-bond donors (Lipinski definition) is 0. The van der Waals surface area contributed by atoms with Crippen LogP contribution in [0.5, 0.6) is 0 Å². The molecule has 0 aromatic heterocycles. The minimum absolute atomic E-state index is 0.313. The Balaban J connectivity index is 2.60. The Labute approximate surface area is 113 Å². The number of hydrogen-bond acceptors (Lipinski definition) is 2. The fourth-order valence-corrected chi connectivity index (χ4v) is 1.82. The molecule has 2 nitrogen and oxygen atoms in total. The van der Waals surface area contributed by atoms with Gasteiger partial charge in [-0.1, -0.05) is 18.2 Å². The highest BCUT2D eigenvalue weighted by molar-refractivity contribution is 5.67. The maximum atomic E-state index is 12.9. The van der Waals surface area contributed by atoms with Gasteiger partial charge >= 0.3 is 6.18 Å². The fraction of sp³-hybridized carbons (Fsp3) is 0.0667. The van der Waals surface area contributed by atoms with Gasteiger partial charge in [-0.3, -0.25) is 0 Å². The van der Waals surface area contributed by atoms with Crippen LogP contribution in [0.4, 0.5) is 13.2 Å². The van der Waals surface area contributed by atoms with Gasteiger partial charge in [0.05, 0.1) is 28.8 Å². The molecule has 98 valence electrons. The molecule has 0 fully saturated rings. The molecule has 0 aliphatic heterocycles. The Morgan fingerprint density at radius 3 is 2.15 bits per heavy atom. The second-order valence-electron chi connectivity index (χ2n) is 4.06. The molecule has 0 radical (unpaired) electrons. The minimum Gasteiger partial charge on any atom is -0.192 e. The van der Waals surface area contributed by atoms with E-state index in [0.717, 1.165) is 12.1 Å². The molecule has 0 heterocycles. The molecule has 0 amide bonds. The maximum Gasteiger partial charge on any atom is 0.417 e. The van der Waals surface area contributed by atoms with Gasteiger partial charge in [0.1, 0.15) is 0 Å². The summed E-state index contributed by atoms with van der Waals surface area (Å²) in [6.07, 6.45) is -4.59. The van der Waals surface area contributed by atoms with Crippen molar-refractivity contribution in [2.24, 2.45) is 0 Å². The van der Waals surface area contributed by atoms with Gasteiger partial charge in [0.25, 0.3) is 0 Å². The highest BCUT2D eigenvalue weighted by Crippen LogP contribution is 2.34. The van der Waals surface area contributed by atoms with Crippen molar-refractivity contribution < 1.29 is 13.2 Å². The summed E-state index contributed by atoms with van der Waals surface area (Å²) in [5, 5.41) is 17.5. The molecule has 0 N–H and O–H groups in total. The van der Waals surface area contributed by atoms with E-state index in [4.69, 9.17) is 10.5 Å². The Kier molecular flexibility index (Phi) is 3.45. The summed E-state index contributed by atoms with van der Waals surface area (Å²) in [6, 6.07) is 13.2. The van der Waals surface area contributed by atoms with Gasteiger partial charge in [-0.25, -0.2) is 0 Å². The third kappa shape index (κ3) is 2.62. The highest BCUT2D eigenvalue weighted by atomic mass is 19.4. The van der Waals surface area contributed by atoms with Crippen LogP contribution < -0.4 is 0 Å². The van der Waals surface area contributed by atoms with Gasteiger partial charge in [-0.05, 0) is 35.4 Å². The maximum absolute atomic E-state index is 12.9. The molecule has 0 bridgehead atoms. The van der Waals surface area contributed by atoms with Gasteiger partial charge in [0.15, 0.2) is 0 Å². The molecular weight excluding hydrogens is 265 g/mol. The fourth-order valence-electron chi connectivity index (χ4n) is 1.82. The summed E-state index contributed by atoms with van der Waals surface area (Å²) in [4.78, 5) is 0. The van der Waals surface area contributed by atoms with E-state index in [9.17, 15) is 13.2 Å². The normalized spacial score (nSPS) is 10.7. The molecule has 0 unspecified atom stereocenters. The number of rotatable bonds is 1. The molecule has 2 rings (SSSR count). The van der Waals surface area contributed by atoms with Crippen LogP contribution in [0.25, 0.3) is 11.1 Å². The van der Waals surface area contributed by atoms with Crippen LogP contribution in [-0.2, 0) is 6.18 Å². The zero-order valence-corrected chi connectivity index (χ0v) is 10.1.